The summed E-state index contributed by atoms with van der Waals surface area (Å²) in [5, 5.41) is 8.91. The molecule has 0 bridgehead atoms. The van der Waals surface area contributed by atoms with Crippen molar-refractivity contribution in [3.63, 3.8) is 0 Å². The highest BCUT2D eigenvalue weighted by molar-refractivity contribution is 5.89. The molecule has 0 aliphatic rings. The van der Waals surface area contributed by atoms with E-state index in [1.165, 1.54) is 0 Å². The molecule has 174 valence electrons. The number of fused-ring (bicyclic) bond motifs is 2. The summed E-state index contributed by atoms with van der Waals surface area (Å²) in [6, 6.07) is 20.1. The number of nitrogens with one attached hydrogen (secondary N) is 3. The molecular formula is C28H30N4O2. The van der Waals surface area contributed by atoms with Gasteiger partial charge in [0.05, 0.1) is 18.1 Å². The number of aromatic nitrogens is 2. The van der Waals surface area contributed by atoms with E-state index in [-0.39, 0.29) is 11.9 Å². The molecule has 5 aromatic rings. The smallest absolute Gasteiger partial charge is 0.240 e. The van der Waals surface area contributed by atoms with Crippen LogP contribution >= 0.6 is 0 Å². The van der Waals surface area contributed by atoms with Gasteiger partial charge in [-0.1, -0.05) is 36.4 Å². The highest BCUT2D eigenvalue weighted by atomic mass is 16.3. The minimum atomic E-state index is -0.854. The molecule has 34 heavy (non-hydrogen) atoms. The third kappa shape index (κ3) is 4.37. The molecule has 0 fully saturated rings. The summed E-state index contributed by atoms with van der Waals surface area (Å²) in [7, 11) is 1.98. The van der Waals surface area contributed by atoms with E-state index in [0.29, 0.717) is 13.0 Å². The fraction of sp³-hybridized carbons (Fsp3) is 0.250. The number of aromatic amines is 1. The Hall–Kier alpha value is -3.77. The highest BCUT2D eigenvalue weighted by Gasteiger charge is 2.35. The van der Waals surface area contributed by atoms with Crippen LogP contribution in [0.2, 0.25) is 0 Å². The first-order valence-corrected chi connectivity index (χ1v) is 11.6. The number of H-pyrrole nitrogens is 1. The Labute approximate surface area is 199 Å². The predicted molar refractivity (Wildman–Crippen MR) is 135 cm³/mol. The second-order valence-corrected chi connectivity index (χ2v) is 9.28. The summed E-state index contributed by atoms with van der Waals surface area (Å²) in [5.74, 6) is 0.750. The zero-order valence-electron chi connectivity index (χ0n) is 19.8. The summed E-state index contributed by atoms with van der Waals surface area (Å²) in [6.07, 6.45) is 6.55. The van der Waals surface area contributed by atoms with Gasteiger partial charge in [0.25, 0.3) is 0 Å². The highest BCUT2D eigenvalue weighted by Crippen LogP contribution is 2.25. The van der Waals surface area contributed by atoms with E-state index in [4.69, 9.17) is 4.42 Å². The number of furan rings is 1. The van der Waals surface area contributed by atoms with Crippen molar-refractivity contribution in [1.82, 2.24) is 20.2 Å². The lowest BCUT2D eigenvalue weighted by Crippen LogP contribution is -2.56. The summed E-state index contributed by atoms with van der Waals surface area (Å²) in [4.78, 5) is 17.0. The monoisotopic (exact) mass is 454 g/mol. The summed E-state index contributed by atoms with van der Waals surface area (Å²) >= 11 is 0. The van der Waals surface area contributed by atoms with Crippen LogP contribution < -0.4 is 10.6 Å². The van der Waals surface area contributed by atoms with Gasteiger partial charge in [-0.3, -0.25) is 10.1 Å². The molecule has 3 aromatic heterocycles. The summed E-state index contributed by atoms with van der Waals surface area (Å²) in [5.41, 5.74) is 3.22. The van der Waals surface area contributed by atoms with E-state index in [1.807, 2.05) is 92.6 Å². The lowest BCUT2D eigenvalue weighted by atomic mass is 9.90. The van der Waals surface area contributed by atoms with Crippen LogP contribution in [0.4, 0.5) is 0 Å². The van der Waals surface area contributed by atoms with E-state index in [2.05, 4.69) is 27.8 Å². The Morgan fingerprint density at radius 2 is 1.94 bits per heavy atom. The first kappa shape index (κ1) is 22.0. The summed E-state index contributed by atoms with van der Waals surface area (Å²) < 4.78 is 7.99. The number of carbonyl (C=O) groups excluding carboxylic acids is 1. The van der Waals surface area contributed by atoms with Gasteiger partial charge in [-0.25, -0.2) is 0 Å². The maximum Gasteiger partial charge on any atom is 0.240 e. The molecule has 5 rings (SSSR count). The number of amides is 1. The van der Waals surface area contributed by atoms with Gasteiger partial charge in [-0.15, -0.1) is 0 Å². The zero-order valence-corrected chi connectivity index (χ0v) is 19.8. The first-order chi connectivity index (χ1) is 16.4. The topological polar surface area (TPSA) is 75.0 Å². The van der Waals surface area contributed by atoms with Crippen molar-refractivity contribution in [1.29, 1.82) is 0 Å². The molecule has 0 spiro atoms. The number of hydrogen-bond acceptors (Lipinski definition) is 3. The maximum absolute atomic E-state index is 13.7. The molecule has 2 atom stereocenters. The number of carbonyl (C=O) groups is 1. The third-order valence-electron chi connectivity index (χ3n) is 6.55. The number of aryl methyl sites for hydroxylation is 1. The Bertz CT molecular complexity index is 1410. The van der Waals surface area contributed by atoms with Gasteiger partial charge in [0.2, 0.25) is 5.91 Å². The van der Waals surface area contributed by atoms with Crippen molar-refractivity contribution in [2.24, 2.45) is 7.05 Å². The van der Waals surface area contributed by atoms with Crippen LogP contribution in [-0.4, -0.2) is 21.0 Å². The van der Waals surface area contributed by atoms with Crippen molar-refractivity contribution in [3.05, 3.63) is 96.1 Å². The van der Waals surface area contributed by atoms with Gasteiger partial charge >= 0.3 is 0 Å². The average molecular weight is 455 g/mol. The number of hydrogen-bond donors (Lipinski definition) is 3. The quantitative estimate of drug-likeness (QED) is 0.301. The van der Waals surface area contributed by atoms with Gasteiger partial charge < -0.3 is 19.3 Å². The number of benzene rings is 2. The van der Waals surface area contributed by atoms with Gasteiger partial charge in [-0.2, -0.15) is 0 Å². The number of rotatable bonds is 8. The first-order valence-electron chi connectivity index (χ1n) is 11.6. The Kier molecular flexibility index (Phi) is 5.75. The molecule has 0 aliphatic carbocycles. The van der Waals surface area contributed by atoms with Crippen molar-refractivity contribution in [3.8, 4) is 0 Å². The minimum Gasteiger partial charge on any atom is -0.460 e. The molecule has 1 amide bonds. The normalized spacial score (nSPS) is 14.3. The SMILES string of the molecule is CC(NC(=O)[C@@](C)(Cc1c[nH]c2ccccc12)NCc1cc2ccccc2o1)c1ccn(C)c1. The summed E-state index contributed by atoms with van der Waals surface area (Å²) in [6.45, 7) is 4.42. The van der Waals surface area contributed by atoms with Crippen LogP contribution in [-0.2, 0) is 24.8 Å². The van der Waals surface area contributed by atoms with Crippen molar-refractivity contribution in [2.75, 3.05) is 0 Å². The molecule has 2 aromatic carbocycles. The van der Waals surface area contributed by atoms with Crippen LogP contribution in [0.25, 0.3) is 21.9 Å². The van der Waals surface area contributed by atoms with E-state index in [0.717, 1.165) is 38.8 Å². The largest absolute Gasteiger partial charge is 0.460 e. The molecule has 3 heterocycles. The van der Waals surface area contributed by atoms with Crippen LogP contribution in [0.15, 0.2) is 83.7 Å². The second kappa shape index (κ2) is 8.88. The Morgan fingerprint density at radius 1 is 1.15 bits per heavy atom. The average Bonchev–Trinajstić information content (AvgIpc) is 3.56. The third-order valence-corrected chi connectivity index (χ3v) is 6.55. The molecule has 0 saturated heterocycles. The molecule has 6 heteroatoms. The zero-order chi connectivity index (χ0) is 23.7. The van der Waals surface area contributed by atoms with Gasteiger partial charge in [-0.05, 0) is 49.2 Å². The molecular weight excluding hydrogens is 424 g/mol. The lowest BCUT2D eigenvalue weighted by Gasteiger charge is -2.31. The van der Waals surface area contributed by atoms with Crippen LogP contribution in [0.5, 0.6) is 0 Å². The predicted octanol–water partition coefficient (Wildman–Crippen LogP) is 5.22. The fourth-order valence-electron chi connectivity index (χ4n) is 4.51. The molecule has 6 nitrogen and oxygen atoms in total. The minimum absolute atomic E-state index is 0.0507. The molecule has 0 radical (unpaired) electrons. The molecule has 0 aliphatic heterocycles. The van der Waals surface area contributed by atoms with Crippen LogP contribution in [0.3, 0.4) is 0 Å². The van der Waals surface area contributed by atoms with E-state index >= 15 is 0 Å². The van der Waals surface area contributed by atoms with Crippen molar-refractivity contribution >= 4 is 27.8 Å². The molecule has 3 N–H and O–H groups in total. The lowest BCUT2D eigenvalue weighted by molar-refractivity contribution is -0.127. The maximum atomic E-state index is 13.7. The van der Waals surface area contributed by atoms with Gasteiger partial charge in [0.1, 0.15) is 11.3 Å². The molecule has 1 unspecified atom stereocenters. The van der Waals surface area contributed by atoms with E-state index < -0.39 is 5.54 Å². The number of nitrogens with zero attached hydrogens (tertiary/aromatic N) is 1. The Balaban J connectivity index is 1.41. The fourth-order valence-corrected chi connectivity index (χ4v) is 4.51. The standard InChI is InChI=1S/C28H30N4O2/c1-19(21-12-13-32(3)18-21)31-27(33)28(2,15-22-16-29-25-10-6-5-9-24(22)25)30-17-23-14-20-8-4-7-11-26(20)34-23/h4-14,16,18-19,29-30H,15,17H2,1-3H3,(H,31,33)/t19?,28-/m1/s1. The van der Waals surface area contributed by atoms with E-state index in [9.17, 15) is 4.79 Å². The second-order valence-electron chi connectivity index (χ2n) is 9.28. The molecule has 0 saturated carbocycles. The van der Waals surface area contributed by atoms with E-state index in [1.54, 1.807) is 0 Å². The van der Waals surface area contributed by atoms with Crippen LogP contribution in [0, 0.1) is 0 Å². The van der Waals surface area contributed by atoms with Gasteiger partial charge in [0.15, 0.2) is 0 Å². The Morgan fingerprint density at radius 3 is 2.74 bits per heavy atom. The van der Waals surface area contributed by atoms with Crippen LogP contribution in [0.1, 0.15) is 36.8 Å². The van der Waals surface area contributed by atoms with Gasteiger partial charge in [0, 0.05) is 48.3 Å². The van der Waals surface area contributed by atoms with Crippen molar-refractivity contribution in [2.45, 2.75) is 38.4 Å². The van der Waals surface area contributed by atoms with Crippen molar-refractivity contribution < 1.29 is 9.21 Å². The number of para-hydroxylation sites is 2.